The van der Waals surface area contributed by atoms with Gasteiger partial charge in [0.05, 0.1) is 5.60 Å². The van der Waals surface area contributed by atoms with Crippen LogP contribution < -0.4 is 5.32 Å². The average Bonchev–Trinajstić information content (AvgIpc) is 2.25. The molecule has 0 aliphatic carbocycles. The van der Waals surface area contributed by atoms with Gasteiger partial charge in [0.2, 0.25) is 5.91 Å². The Balaban J connectivity index is 2.31. The molecule has 0 saturated carbocycles. The first-order chi connectivity index (χ1) is 7.87. The van der Waals surface area contributed by atoms with Crippen molar-refractivity contribution in [3.63, 3.8) is 0 Å². The SMILES string of the molecule is CC(C)(C)OCC(=O)NCc1ccc(O)cc1. The van der Waals surface area contributed by atoms with E-state index < -0.39 is 0 Å². The monoisotopic (exact) mass is 237 g/mol. The van der Waals surface area contributed by atoms with Gasteiger partial charge in [-0.05, 0) is 38.5 Å². The number of ether oxygens (including phenoxy) is 1. The van der Waals surface area contributed by atoms with Gasteiger partial charge in [-0.25, -0.2) is 0 Å². The second-order valence-electron chi connectivity index (χ2n) is 4.84. The minimum atomic E-state index is -0.310. The average molecular weight is 237 g/mol. The van der Waals surface area contributed by atoms with Crippen molar-refractivity contribution in [3.05, 3.63) is 29.8 Å². The van der Waals surface area contributed by atoms with Crippen LogP contribution in [0, 0.1) is 0 Å². The minimum Gasteiger partial charge on any atom is -0.508 e. The zero-order valence-corrected chi connectivity index (χ0v) is 10.5. The number of benzene rings is 1. The van der Waals surface area contributed by atoms with Gasteiger partial charge in [-0.3, -0.25) is 4.79 Å². The summed E-state index contributed by atoms with van der Waals surface area (Å²) >= 11 is 0. The molecule has 0 saturated heterocycles. The third-order valence-corrected chi connectivity index (χ3v) is 2.06. The Kier molecular flexibility index (Phi) is 4.52. The highest BCUT2D eigenvalue weighted by molar-refractivity contribution is 5.77. The molecule has 1 amide bonds. The van der Waals surface area contributed by atoms with Crippen LogP contribution >= 0.6 is 0 Å². The molecule has 4 nitrogen and oxygen atoms in total. The standard InChI is InChI=1S/C13H19NO3/c1-13(2,3)17-9-12(16)14-8-10-4-6-11(15)7-5-10/h4-7,15H,8-9H2,1-3H3,(H,14,16). The summed E-state index contributed by atoms with van der Waals surface area (Å²) in [6, 6.07) is 6.71. The molecule has 1 aromatic rings. The molecule has 0 bridgehead atoms. The van der Waals surface area contributed by atoms with Gasteiger partial charge in [-0.15, -0.1) is 0 Å². The maximum atomic E-state index is 11.4. The van der Waals surface area contributed by atoms with Crippen molar-refractivity contribution in [2.24, 2.45) is 0 Å². The Hall–Kier alpha value is -1.55. The van der Waals surface area contributed by atoms with E-state index in [4.69, 9.17) is 9.84 Å². The lowest BCUT2D eigenvalue weighted by Gasteiger charge is -2.18. The predicted octanol–water partition coefficient (Wildman–Crippen LogP) is 1.82. The highest BCUT2D eigenvalue weighted by Crippen LogP contribution is 2.09. The number of hydrogen-bond acceptors (Lipinski definition) is 3. The zero-order valence-electron chi connectivity index (χ0n) is 10.5. The van der Waals surface area contributed by atoms with Crippen molar-refractivity contribution in [2.75, 3.05) is 6.61 Å². The van der Waals surface area contributed by atoms with E-state index in [-0.39, 0.29) is 23.9 Å². The number of aromatic hydroxyl groups is 1. The summed E-state index contributed by atoms with van der Waals surface area (Å²) in [6.07, 6.45) is 0. The first-order valence-electron chi connectivity index (χ1n) is 5.55. The molecule has 0 aliphatic heterocycles. The Morgan fingerprint density at radius 1 is 1.29 bits per heavy atom. The predicted molar refractivity (Wildman–Crippen MR) is 65.7 cm³/mol. The highest BCUT2D eigenvalue weighted by atomic mass is 16.5. The van der Waals surface area contributed by atoms with Crippen LogP contribution in [0.15, 0.2) is 24.3 Å². The summed E-state index contributed by atoms with van der Waals surface area (Å²) in [6.45, 7) is 6.20. The number of phenols is 1. The van der Waals surface area contributed by atoms with E-state index >= 15 is 0 Å². The second kappa shape index (κ2) is 5.68. The lowest BCUT2D eigenvalue weighted by atomic mass is 10.2. The van der Waals surface area contributed by atoms with E-state index in [9.17, 15) is 4.79 Å². The molecule has 0 fully saturated rings. The molecule has 2 N–H and O–H groups in total. The van der Waals surface area contributed by atoms with E-state index in [0.717, 1.165) is 5.56 Å². The number of carbonyl (C=O) groups is 1. The number of carbonyl (C=O) groups excluding carboxylic acids is 1. The number of amides is 1. The molecule has 0 atom stereocenters. The van der Waals surface area contributed by atoms with Gasteiger partial charge in [0.1, 0.15) is 12.4 Å². The Morgan fingerprint density at radius 3 is 2.41 bits per heavy atom. The zero-order chi connectivity index (χ0) is 12.9. The maximum Gasteiger partial charge on any atom is 0.246 e. The van der Waals surface area contributed by atoms with Crippen LogP contribution in [0.25, 0.3) is 0 Å². The summed E-state index contributed by atoms with van der Waals surface area (Å²) in [5.74, 6) is 0.0733. The molecule has 0 radical (unpaired) electrons. The molecule has 1 aromatic carbocycles. The molecule has 1 rings (SSSR count). The van der Waals surface area contributed by atoms with E-state index in [1.807, 2.05) is 20.8 Å². The van der Waals surface area contributed by atoms with Crippen LogP contribution in [0.4, 0.5) is 0 Å². The van der Waals surface area contributed by atoms with Crippen LogP contribution in [0.1, 0.15) is 26.3 Å². The van der Waals surface area contributed by atoms with E-state index in [2.05, 4.69) is 5.32 Å². The van der Waals surface area contributed by atoms with Crippen molar-refractivity contribution < 1.29 is 14.6 Å². The van der Waals surface area contributed by atoms with Crippen LogP contribution in [0.2, 0.25) is 0 Å². The molecule has 94 valence electrons. The first kappa shape index (κ1) is 13.5. The van der Waals surface area contributed by atoms with Gasteiger partial charge in [0.25, 0.3) is 0 Å². The lowest BCUT2D eigenvalue weighted by molar-refractivity contribution is -0.130. The fourth-order valence-corrected chi connectivity index (χ4v) is 1.15. The van der Waals surface area contributed by atoms with Crippen molar-refractivity contribution >= 4 is 5.91 Å². The van der Waals surface area contributed by atoms with Gasteiger partial charge >= 0.3 is 0 Å². The lowest BCUT2D eigenvalue weighted by Crippen LogP contribution is -2.31. The molecule has 0 unspecified atom stereocenters. The van der Waals surface area contributed by atoms with E-state index in [0.29, 0.717) is 6.54 Å². The smallest absolute Gasteiger partial charge is 0.246 e. The highest BCUT2D eigenvalue weighted by Gasteiger charge is 2.12. The van der Waals surface area contributed by atoms with Gasteiger partial charge in [0.15, 0.2) is 0 Å². The summed E-state index contributed by atoms with van der Waals surface area (Å²) in [5.41, 5.74) is 0.627. The summed E-state index contributed by atoms with van der Waals surface area (Å²) in [5, 5.41) is 11.8. The molecule has 17 heavy (non-hydrogen) atoms. The topological polar surface area (TPSA) is 58.6 Å². The van der Waals surface area contributed by atoms with Gasteiger partial charge in [-0.1, -0.05) is 12.1 Å². The Labute approximate surface area is 102 Å². The number of nitrogens with one attached hydrogen (secondary N) is 1. The van der Waals surface area contributed by atoms with Crippen molar-refractivity contribution in [1.82, 2.24) is 5.32 Å². The number of phenolic OH excluding ortho intramolecular Hbond substituents is 1. The molecule has 0 aromatic heterocycles. The third kappa shape index (κ3) is 5.92. The fourth-order valence-electron chi connectivity index (χ4n) is 1.15. The summed E-state index contributed by atoms with van der Waals surface area (Å²) in [7, 11) is 0. The Morgan fingerprint density at radius 2 is 1.88 bits per heavy atom. The number of hydrogen-bond donors (Lipinski definition) is 2. The summed E-state index contributed by atoms with van der Waals surface area (Å²) in [4.78, 5) is 11.4. The van der Waals surface area contributed by atoms with Gasteiger partial charge in [-0.2, -0.15) is 0 Å². The van der Waals surface area contributed by atoms with Crippen LogP contribution in [0.5, 0.6) is 5.75 Å². The molecule has 0 spiro atoms. The second-order valence-corrected chi connectivity index (χ2v) is 4.84. The van der Waals surface area contributed by atoms with Crippen molar-refractivity contribution in [3.8, 4) is 5.75 Å². The fraction of sp³-hybridized carbons (Fsp3) is 0.462. The van der Waals surface area contributed by atoms with Crippen molar-refractivity contribution in [2.45, 2.75) is 32.9 Å². The molecule has 0 aliphatic rings. The first-order valence-corrected chi connectivity index (χ1v) is 5.55. The third-order valence-electron chi connectivity index (χ3n) is 2.06. The summed E-state index contributed by atoms with van der Waals surface area (Å²) < 4.78 is 5.35. The Bertz CT molecular complexity index is 365. The molecular formula is C13H19NO3. The normalized spacial score (nSPS) is 11.2. The molecular weight excluding hydrogens is 218 g/mol. The van der Waals surface area contributed by atoms with Gasteiger partial charge < -0.3 is 15.2 Å². The van der Waals surface area contributed by atoms with Crippen LogP contribution in [-0.4, -0.2) is 23.2 Å². The molecule has 4 heteroatoms. The number of rotatable bonds is 4. The van der Waals surface area contributed by atoms with Gasteiger partial charge in [0, 0.05) is 6.54 Å². The van der Waals surface area contributed by atoms with Crippen LogP contribution in [0.3, 0.4) is 0 Å². The van der Waals surface area contributed by atoms with Crippen molar-refractivity contribution in [1.29, 1.82) is 0 Å². The van der Waals surface area contributed by atoms with E-state index in [1.54, 1.807) is 24.3 Å². The van der Waals surface area contributed by atoms with Crippen LogP contribution in [-0.2, 0) is 16.1 Å². The van der Waals surface area contributed by atoms with E-state index in [1.165, 1.54) is 0 Å². The largest absolute Gasteiger partial charge is 0.508 e. The quantitative estimate of drug-likeness (QED) is 0.839. The maximum absolute atomic E-state index is 11.4. The minimum absolute atomic E-state index is 0.0571. The molecule has 0 heterocycles.